The highest BCUT2D eigenvalue weighted by molar-refractivity contribution is 5.94. The predicted octanol–water partition coefficient (Wildman–Crippen LogP) is 3.89. The van der Waals surface area contributed by atoms with Crippen molar-refractivity contribution in [2.75, 3.05) is 6.54 Å². The number of hydrogen-bond acceptors (Lipinski definition) is 1. The predicted molar refractivity (Wildman–Crippen MR) is 78.2 cm³/mol. The largest absolute Gasteiger partial charge is 0.351 e. The van der Waals surface area contributed by atoms with Gasteiger partial charge in [0.05, 0.1) is 5.56 Å². The first-order chi connectivity index (χ1) is 10.1. The van der Waals surface area contributed by atoms with E-state index in [0.29, 0.717) is 6.54 Å². The van der Waals surface area contributed by atoms with Crippen LogP contribution >= 0.6 is 0 Å². The minimum Gasteiger partial charge on any atom is -0.351 e. The lowest BCUT2D eigenvalue weighted by Gasteiger charge is -2.16. The number of nitrogens with one attached hydrogen (secondary N) is 1. The molecule has 0 bridgehead atoms. The van der Waals surface area contributed by atoms with Gasteiger partial charge in [-0.3, -0.25) is 4.79 Å². The third-order valence-electron chi connectivity index (χ3n) is 3.45. The number of carbonyl (C=O) groups excluding carboxylic acids is 1. The lowest BCUT2D eigenvalue weighted by Crippen LogP contribution is -2.29. The molecule has 4 heteroatoms. The van der Waals surface area contributed by atoms with E-state index in [0.717, 1.165) is 30.2 Å². The van der Waals surface area contributed by atoms with Crippen molar-refractivity contribution >= 4 is 5.91 Å². The van der Waals surface area contributed by atoms with Crippen LogP contribution in [-0.2, 0) is 0 Å². The lowest BCUT2D eigenvalue weighted by atomic mass is 9.96. The van der Waals surface area contributed by atoms with E-state index in [-0.39, 0.29) is 11.5 Å². The van der Waals surface area contributed by atoms with E-state index in [4.69, 9.17) is 0 Å². The maximum atomic E-state index is 13.5. The minimum absolute atomic E-state index is 0.145. The number of carbonyl (C=O) groups is 1. The van der Waals surface area contributed by atoms with E-state index in [9.17, 15) is 13.6 Å². The zero-order valence-corrected chi connectivity index (χ0v) is 11.8. The smallest absolute Gasteiger partial charge is 0.254 e. The molecule has 0 saturated heterocycles. The van der Waals surface area contributed by atoms with Crippen LogP contribution in [-0.4, -0.2) is 12.5 Å². The summed E-state index contributed by atoms with van der Waals surface area (Å²) in [5, 5.41) is 2.67. The summed E-state index contributed by atoms with van der Waals surface area (Å²) >= 11 is 0. The van der Waals surface area contributed by atoms with Crippen LogP contribution in [0.4, 0.5) is 8.78 Å². The van der Waals surface area contributed by atoms with Gasteiger partial charge in [0, 0.05) is 12.5 Å². The third kappa shape index (κ3) is 3.88. The van der Waals surface area contributed by atoms with E-state index in [1.165, 1.54) is 0 Å². The highest BCUT2D eigenvalue weighted by Crippen LogP contribution is 2.18. The SMILES string of the molecule is CC[C@@H](CNC(=O)c1cc(F)ccc1F)c1ccccc1. The number of amides is 1. The molecule has 1 atom stereocenters. The van der Waals surface area contributed by atoms with Gasteiger partial charge in [-0.15, -0.1) is 0 Å². The molecule has 1 amide bonds. The summed E-state index contributed by atoms with van der Waals surface area (Å²) in [6.45, 7) is 2.40. The molecule has 0 aromatic heterocycles. The molecule has 21 heavy (non-hydrogen) atoms. The molecule has 110 valence electrons. The number of benzene rings is 2. The van der Waals surface area contributed by atoms with Crippen molar-refractivity contribution in [1.82, 2.24) is 5.32 Å². The normalized spacial score (nSPS) is 12.0. The summed E-state index contributed by atoms with van der Waals surface area (Å²) < 4.78 is 26.6. The molecule has 0 radical (unpaired) electrons. The van der Waals surface area contributed by atoms with E-state index >= 15 is 0 Å². The summed E-state index contributed by atoms with van der Waals surface area (Å²) in [6.07, 6.45) is 0.843. The molecule has 1 N–H and O–H groups in total. The second-order valence-electron chi connectivity index (χ2n) is 4.85. The molecule has 0 aliphatic carbocycles. The van der Waals surface area contributed by atoms with Crippen LogP contribution in [0.25, 0.3) is 0 Å². The van der Waals surface area contributed by atoms with Crippen molar-refractivity contribution in [2.24, 2.45) is 0 Å². The topological polar surface area (TPSA) is 29.1 Å². The Morgan fingerprint density at radius 1 is 1.14 bits per heavy atom. The Bertz CT molecular complexity index is 613. The van der Waals surface area contributed by atoms with Crippen molar-refractivity contribution in [3.8, 4) is 0 Å². The van der Waals surface area contributed by atoms with Crippen LogP contribution in [0.3, 0.4) is 0 Å². The van der Waals surface area contributed by atoms with Gasteiger partial charge in [0.2, 0.25) is 0 Å². The zero-order chi connectivity index (χ0) is 15.2. The van der Waals surface area contributed by atoms with Gasteiger partial charge in [0.15, 0.2) is 0 Å². The van der Waals surface area contributed by atoms with Crippen molar-refractivity contribution in [3.63, 3.8) is 0 Å². The summed E-state index contributed by atoms with van der Waals surface area (Å²) in [6, 6.07) is 12.6. The second-order valence-corrected chi connectivity index (χ2v) is 4.85. The van der Waals surface area contributed by atoms with Crippen LogP contribution in [0, 0.1) is 11.6 Å². The number of hydrogen-bond donors (Lipinski definition) is 1. The summed E-state index contributed by atoms with van der Waals surface area (Å²) in [5.41, 5.74) is 0.845. The maximum Gasteiger partial charge on any atom is 0.254 e. The first-order valence-corrected chi connectivity index (χ1v) is 6.90. The van der Waals surface area contributed by atoms with Gasteiger partial charge in [-0.25, -0.2) is 8.78 Å². The summed E-state index contributed by atoms with van der Waals surface area (Å²) in [5.74, 6) is -1.80. The van der Waals surface area contributed by atoms with Crippen LogP contribution < -0.4 is 5.32 Å². The Kier molecular flexibility index (Phi) is 5.04. The molecule has 0 aliphatic heterocycles. The molecule has 0 heterocycles. The Hall–Kier alpha value is -2.23. The molecule has 2 aromatic rings. The fraction of sp³-hybridized carbons (Fsp3) is 0.235. The van der Waals surface area contributed by atoms with Gasteiger partial charge in [0.1, 0.15) is 11.6 Å². The molecule has 0 aliphatic rings. The number of rotatable bonds is 5. The van der Waals surface area contributed by atoms with Crippen molar-refractivity contribution < 1.29 is 13.6 Å². The summed E-state index contributed by atoms with van der Waals surface area (Å²) in [4.78, 5) is 12.0. The molecule has 0 fully saturated rings. The maximum absolute atomic E-state index is 13.5. The molecule has 2 rings (SSSR count). The average Bonchev–Trinajstić information content (AvgIpc) is 2.51. The highest BCUT2D eigenvalue weighted by atomic mass is 19.1. The van der Waals surface area contributed by atoms with Gasteiger partial charge in [-0.05, 0) is 30.2 Å². The minimum atomic E-state index is -0.721. The van der Waals surface area contributed by atoms with Crippen LogP contribution in [0.1, 0.15) is 35.2 Å². The van der Waals surface area contributed by atoms with Crippen LogP contribution in [0.15, 0.2) is 48.5 Å². The fourth-order valence-electron chi connectivity index (χ4n) is 2.21. The first kappa shape index (κ1) is 15.2. The van der Waals surface area contributed by atoms with E-state index in [1.807, 2.05) is 37.3 Å². The van der Waals surface area contributed by atoms with Crippen molar-refractivity contribution in [2.45, 2.75) is 19.3 Å². The fourth-order valence-corrected chi connectivity index (χ4v) is 2.21. The third-order valence-corrected chi connectivity index (χ3v) is 3.45. The summed E-state index contributed by atoms with van der Waals surface area (Å²) in [7, 11) is 0. The van der Waals surface area contributed by atoms with E-state index in [2.05, 4.69) is 5.32 Å². The Morgan fingerprint density at radius 3 is 2.52 bits per heavy atom. The zero-order valence-electron chi connectivity index (χ0n) is 11.8. The Morgan fingerprint density at radius 2 is 1.86 bits per heavy atom. The molecular formula is C17H17F2NO. The van der Waals surface area contributed by atoms with E-state index < -0.39 is 17.5 Å². The molecule has 0 unspecified atom stereocenters. The lowest BCUT2D eigenvalue weighted by molar-refractivity contribution is 0.0946. The number of halogens is 2. The second kappa shape index (κ2) is 6.97. The molecule has 2 nitrogen and oxygen atoms in total. The van der Waals surface area contributed by atoms with Crippen molar-refractivity contribution in [3.05, 3.63) is 71.3 Å². The molecule has 2 aromatic carbocycles. The van der Waals surface area contributed by atoms with Gasteiger partial charge >= 0.3 is 0 Å². The monoisotopic (exact) mass is 289 g/mol. The first-order valence-electron chi connectivity index (χ1n) is 6.90. The quantitative estimate of drug-likeness (QED) is 0.889. The van der Waals surface area contributed by atoms with Gasteiger partial charge in [0.25, 0.3) is 5.91 Å². The van der Waals surface area contributed by atoms with Crippen molar-refractivity contribution in [1.29, 1.82) is 0 Å². The van der Waals surface area contributed by atoms with Crippen LogP contribution in [0.5, 0.6) is 0 Å². The van der Waals surface area contributed by atoms with E-state index in [1.54, 1.807) is 0 Å². The molecule has 0 saturated carbocycles. The van der Waals surface area contributed by atoms with Crippen LogP contribution in [0.2, 0.25) is 0 Å². The van der Waals surface area contributed by atoms with Gasteiger partial charge in [-0.2, -0.15) is 0 Å². The molecular weight excluding hydrogens is 272 g/mol. The standard InChI is InChI=1S/C17H17F2NO/c1-2-12(13-6-4-3-5-7-13)11-20-17(21)15-10-14(18)8-9-16(15)19/h3-10,12H,2,11H2,1H3,(H,20,21)/t12-/m0/s1. The average molecular weight is 289 g/mol. The van der Waals surface area contributed by atoms with Gasteiger partial charge in [-0.1, -0.05) is 37.3 Å². The Labute approximate surface area is 122 Å². The van der Waals surface area contributed by atoms with Gasteiger partial charge < -0.3 is 5.32 Å². The Balaban J connectivity index is 2.04. The highest BCUT2D eigenvalue weighted by Gasteiger charge is 2.15. The molecule has 0 spiro atoms.